The van der Waals surface area contributed by atoms with Gasteiger partial charge in [0.1, 0.15) is 0 Å². The van der Waals surface area contributed by atoms with Crippen molar-refractivity contribution in [2.75, 3.05) is 31.5 Å². The van der Waals surface area contributed by atoms with Crippen LogP contribution < -0.4 is 5.32 Å². The summed E-state index contributed by atoms with van der Waals surface area (Å²) in [6.07, 6.45) is 10.6. The summed E-state index contributed by atoms with van der Waals surface area (Å²) in [7, 11) is 0. The molecule has 130 valence electrons. The maximum absolute atomic E-state index is 12.7. The Labute approximate surface area is 146 Å². The van der Waals surface area contributed by atoms with Crippen LogP contribution in [0.3, 0.4) is 0 Å². The molecule has 2 aromatic rings. The number of anilines is 1. The molecule has 0 saturated carbocycles. The number of nitrogens with one attached hydrogen (secondary N) is 1. The van der Waals surface area contributed by atoms with Gasteiger partial charge in [-0.05, 0) is 19.4 Å². The van der Waals surface area contributed by atoms with Crippen LogP contribution in [0.5, 0.6) is 0 Å². The van der Waals surface area contributed by atoms with Crippen LogP contribution in [-0.4, -0.2) is 67.9 Å². The van der Waals surface area contributed by atoms with Crippen molar-refractivity contribution in [3.05, 3.63) is 42.2 Å². The number of hydrogen-bond acceptors (Lipinski definition) is 7. The Morgan fingerprint density at radius 1 is 1.12 bits per heavy atom. The molecule has 0 bridgehead atoms. The maximum Gasteiger partial charge on any atom is 0.257 e. The molecule has 0 unspecified atom stereocenters. The summed E-state index contributed by atoms with van der Waals surface area (Å²) in [5, 5.41) is 3.08. The van der Waals surface area contributed by atoms with Crippen LogP contribution in [0.15, 0.2) is 31.0 Å². The Hall–Kier alpha value is -2.61. The first-order valence-corrected chi connectivity index (χ1v) is 8.64. The third kappa shape index (κ3) is 3.58. The number of hydrogen-bond donors (Lipinski definition) is 1. The zero-order valence-corrected chi connectivity index (χ0v) is 14.0. The Kier molecular flexibility index (Phi) is 4.51. The third-order valence-corrected chi connectivity index (χ3v) is 4.82. The second-order valence-electron chi connectivity index (χ2n) is 6.43. The van der Waals surface area contributed by atoms with Gasteiger partial charge in [-0.3, -0.25) is 19.7 Å². The van der Waals surface area contributed by atoms with Gasteiger partial charge in [0.15, 0.2) is 0 Å². The minimum atomic E-state index is 0.0204. The summed E-state index contributed by atoms with van der Waals surface area (Å²) in [5.74, 6) is 0.495. The van der Waals surface area contributed by atoms with Gasteiger partial charge in [-0.1, -0.05) is 0 Å². The van der Waals surface area contributed by atoms with E-state index in [0.29, 0.717) is 24.1 Å². The van der Waals surface area contributed by atoms with E-state index in [9.17, 15) is 4.79 Å². The summed E-state index contributed by atoms with van der Waals surface area (Å²) in [4.78, 5) is 33.8. The van der Waals surface area contributed by atoms with Gasteiger partial charge in [-0.25, -0.2) is 9.97 Å². The highest BCUT2D eigenvalue weighted by Crippen LogP contribution is 2.22. The lowest BCUT2D eigenvalue weighted by Crippen LogP contribution is -2.52. The smallest absolute Gasteiger partial charge is 0.257 e. The molecule has 8 heteroatoms. The van der Waals surface area contributed by atoms with Gasteiger partial charge in [0.2, 0.25) is 5.95 Å². The molecule has 2 aliphatic rings. The van der Waals surface area contributed by atoms with Crippen LogP contribution in [0, 0.1) is 0 Å². The van der Waals surface area contributed by atoms with Crippen LogP contribution in [-0.2, 0) is 6.54 Å². The Morgan fingerprint density at radius 3 is 2.80 bits per heavy atom. The monoisotopic (exact) mass is 339 g/mol. The molecule has 4 rings (SSSR count). The number of aromatic nitrogens is 4. The fourth-order valence-corrected chi connectivity index (χ4v) is 3.48. The Morgan fingerprint density at radius 2 is 2.00 bits per heavy atom. The molecule has 0 spiro atoms. The van der Waals surface area contributed by atoms with Crippen molar-refractivity contribution in [2.45, 2.75) is 25.4 Å². The fourth-order valence-electron chi connectivity index (χ4n) is 3.48. The number of amides is 1. The molecule has 0 aliphatic carbocycles. The number of fused-ring (bicyclic) bond motifs is 1. The van der Waals surface area contributed by atoms with Crippen LogP contribution in [0.1, 0.15) is 28.9 Å². The van der Waals surface area contributed by atoms with Gasteiger partial charge in [0.05, 0.1) is 24.0 Å². The quantitative estimate of drug-likeness (QED) is 0.881. The van der Waals surface area contributed by atoms with Gasteiger partial charge in [-0.2, -0.15) is 0 Å². The van der Waals surface area contributed by atoms with Gasteiger partial charge in [-0.15, -0.1) is 0 Å². The van der Waals surface area contributed by atoms with Crippen molar-refractivity contribution in [2.24, 2.45) is 0 Å². The number of carbonyl (C=O) groups is 1. The molecule has 2 saturated heterocycles. The van der Waals surface area contributed by atoms with Crippen LogP contribution in [0.2, 0.25) is 0 Å². The summed E-state index contributed by atoms with van der Waals surface area (Å²) in [5.41, 5.74) is 1.34. The van der Waals surface area contributed by atoms with Crippen molar-refractivity contribution in [3.8, 4) is 0 Å². The minimum absolute atomic E-state index is 0.0204. The third-order valence-electron chi connectivity index (χ3n) is 4.82. The second kappa shape index (κ2) is 7.10. The Balaban J connectivity index is 1.35. The molecule has 2 aromatic heterocycles. The molecule has 1 atom stereocenters. The standard InChI is InChI=1S/C17H21N7O/c25-16(24-7-6-23-5-1-2-15(23)12-24)13-8-20-17(21-9-13)22-11-14-10-18-3-4-19-14/h3-4,8-10,15H,1-2,5-7,11-12H2,(H,20,21,22)/t15-/m0/s1. The summed E-state index contributed by atoms with van der Waals surface area (Å²) in [6, 6.07) is 0.520. The molecule has 1 amide bonds. The van der Waals surface area contributed by atoms with Crippen LogP contribution in [0.4, 0.5) is 5.95 Å². The normalized spacial score (nSPS) is 20.3. The lowest BCUT2D eigenvalue weighted by Gasteiger charge is -2.37. The topological polar surface area (TPSA) is 87.1 Å². The highest BCUT2D eigenvalue weighted by molar-refractivity contribution is 5.93. The first-order chi connectivity index (χ1) is 12.3. The average Bonchev–Trinajstić information content (AvgIpc) is 3.15. The van der Waals surface area contributed by atoms with Gasteiger partial charge >= 0.3 is 0 Å². The van der Waals surface area contributed by atoms with Gasteiger partial charge in [0, 0.05) is 50.5 Å². The Bertz CT molecular complexity index is 722. The van der Waals surface area contributed by atoms with Gasteiger partial charge < -0.3 is 10.2 Å². The lowest BCUT2D eigenvalue weighted by atomic mass is 10.1. The number of carbonyl (C=O) groups excluding carboxylic acids is 1. The van der Waals surface area contributed by atoms with Crippen LogP contribution >= 0.6 is 0 Å². The van der Waals surface area contributed by atoms with E-state index in [1.165, 1.54) is 19.4 Å². The largest absolute Gasteiger partial charge is 0.349 e. The molecule has 2 aliphatic heterocycles. The molecule has 2 fully saturated rings. The zero-order valence-electron chi connectivity index (χ0n) is 14.0. The van der Waals surface area contributed by atoms with E-state index in [1.54, 1.807) is 31.0 Å². The molecule has 4 heterocycles. The van der Waals surface area contributed by atoms with Crippen LogP contribution in [0.25, 0.3) is 0 Å². The van der Waals surface area contributed by atoms with Gasteiger partial charge in [0.25, 0.3) is 5.91 Å². The van der Waals surface area contributed by atoms with E-state index >= 15 is 0 Å². The molecule has 1 N–H and O–H groups in total. The highest BCUT2D eigenvalue weighted by atomic mass is 16.2. The molecule has 25 heavy (non-hydrogen) atoms. The summed E-state index contributed by atoms with van der Waals surface area (Å²) >= 11 is 0. The summed E-state index contributed by atoms with van der Waals surface area (Å²) < 4.78 is 0. The summed E-state index contributed by atoms with van der Waals surface area (Å²) in [6.45, 7) is 4.22. The average molecular weight is 339 g/mol. The van der Waals surface area contributed by atoms with Crippen molar-refractivity contribution >= 4 is 11.9 Å². The zero-order chi connectivity index (χ0) is 17.1. The van der Waals surface area contributed by atoms with E-state index in [0.717, 1.165) is 25.3 Å². The number of nitrogens with zero attached hydrogens (tertiary/aromatic N) is 6. The first kappa shape index (κ1) is 15.9. The molecule has 0 radical (unpaired) electrons. The molecular weight excluding hydrogens is 318 g/mol. The lowest BCUT2D eigenvalue weighted by molar-refractivity contribution is 0.0570. The van der Waals surface area contributed by atoms with Crippen molar-refractivity contribution in [1.82, 2.24) is 29.7 Å². The van der Waals surface area contributed by atoms with E-state index in [4.69, 9.17) is 0 Å². The van der Waals surface area contributed by atoms with E-state index in [1.807, 2.05) is 4.90 Å². The highest BCUT2D eigenvalue weighted by Gasteiger charge is 2.32. The molecule has 8 nitrogen and oxygen atoms in total. The number of rotatable bonds is 4. The maximum atomic E-state index is 12.7. The fraction of sp³-hybridized carbons (Fsp3) is 0.471. The predicted octanol–water partition coefficient (Wildman–Crippen LogP) is 0.799. The number of piperazine rings is 1. The second-order valence-corrected chi connectivity index (χ2v) is 6.43. The van der Waals surface area contributed by atoms with E-state index in [-0.39, 0.29) is 5.91 Å². The van der Waals surface area contributed by atoms with Crippen molar-refractivity contribution in [3.63, 3.8) is 0 Å². The van der Waals surface area contributed by atoms with Crippen molar-refractivity contribution in [1.29, 1.82) is 0 Å². The van der Waals surface area contributed by atoms with E-state index < -0.39 is 0 Å². The van der Waals surface area contributed by atoms with E-state index in [2.05, 4.69) is 30.2 Å². The SMILES string of the molecule is O=C(c1cnc(NCc2cnccn2)nc1)N1CCN2CCC[C@H]2C1. The first-order valence-electron chi connectivity index (χ1n) is 8.64. The molecular formula is C17H21N7O. The molecule has 0 aromatic carbocycles. The minimum Gasteiger partial charge on any atom is -0.349 e. The van der Waals surface area contributed by atoms with Crippen molar-refractivity contribution < 1.29 is 4.79 Å². The predicted molar refractivity (Wildman–Crippen MR) is 91.9 cm³/mol.